The van der Waals surface area contributed by atoms with Crippen LogP contribution < -0.4 is 9.47 Å². The molecule has 2 rings (SSSR count). The summed E-state index contributed by atoms with van der Waals surface area (Å²) in [6, 6.07) is 5.80. The number of hydrogen-bond acceptors (Lipinski definition) is 4. The number of carboxylic acids is 1. The zero-order valence-electron chi connectivity index (χ0n) is 13.9. The second-order valence-corrected chi connectivity index (χ2v) is 6.11. The number of nitrogens with zero attached hydrogens (tertiary/aromatic N) is 1. The van der Waals surface area contributed by atoms with Crippen LogP contribution in [0.3, 0.4) is 0 Å². The van der Waals surface area contributed by atoms with Gasteiger partial charge in [0.1, 0.15) is 6.61 Å². The van der Waals surface area contributed by atoms with Crippen LogP contribution in [0.4, 0.5) is 0 Å². The van der Waals surface area contributed by atoms with Gasteiger partial charge in [0.25, 0.3) is 0 Å². The van der Waals surface area contributed by atoms with E-state index in [9.17, 15) is 9.90 Å². The van der Waals surface area contributed by atoms with E-state index in [1.807, 2.05) is 25.1 Å². The van der Waals surface area contributed by atoms with Crippen molar-refractivity contribution in [1.29, 1.82) is 0 Å². The zero-order chi connectivity index (χ0) is 16.8. The Morgan fingerprint density at radius 1 is 1.48 bits per heavy atom. The maximum Gasteiger partial charge on any atom is 0.307 e. The van der Waals surface area contributed by atoms with Gasteiger partial charge in [-0.3, -0.25) is 9.69 Å². The highest BCUT2D eigenvalue weighted by Gasteiger charge is 2.26. The number of para-hydroxylation sites is 1. The van der Waals surface area contributed by atoms with E-state index in [1.54, 1.807) is 7.11 Å². The fraction of sp³-hybridized carbons (Fsp3) is 0.500. The highest BCUT2D eigenvalue weighted by Crippen LogP contribution is 2.33. The first-order valence-electron chi connectivity index (χ1n) is 7.89. The Hall–Kier alpha value is -2.01. The predicted octanol–water partition coefficient (Wildman–Crippen LogP) is 2.95. The molecule has 1 unspecified atom stereocenters. The minimum atomic E-state index is -0.709. The van der Waals surface area contributed by atoms with Crippen molar-refractivity contribution >= 4 is 5.97 Å². The SMILES string of the molecule is C=C(C)COc1c(CN2CCCC(C(=O)O)C2)cccc1OC. The number of carbonyl (C=O) groups is 1. The van der Waals surface area contributed by atoms with Gasteiger partial charge in [-0.25, -0.2) is 0 Å². The molecular weight excluding hydrogens is 294 g/mol. The lowest BCUT2D eigenvalue weighted by atomic mass is 9.98. The fourth-order valence-electron chi connectivity index (χ4n) is 2.85. The fourth-order valence-corrected chi connectivity index (χ4v) is 2.85. The number of carboxylic acid groups (broad SMARTS) is 1. The van der Waals surface area contributed by atoms with Crippen molar-refractivity contribution in [2.75, 3.05) is 26.8 Å². The molecule has 1 aliphatic heterocycles. The summed E-state index contributed by atoms with van der Waals surface area (Å²) in [5.74, 6) is 0.416. The van der Waals surface area contributed by atoms with Gasteiger partial charge in [0.2, 0.25) is 0 Å². The van der Waals surface area contributed by atoms with Gasteiger partial charge in [0, 0.05) is 18.7 Å². The molecule has 0 amide bonds. The summed E-state index contributed by atoms with van der Waals surface area (Å²) in [5.41, 5.74) is 1.95. The summed E-state index contributed by atoms with van der Waals surface area (Å²) in [5, 5.41) is 9.22. The lowest BCUT2D eigenvalue weighted by Gasteiger charge is -2.31. The monoisotopic (exact) mass is 319 g/mol. The van der Waals surface area contributed by atoms with Gasteiger partial charge in [-0.15, -0.1) is 0 Å². The number of hydrogen-bond donors (Lipinski definition) is 1. The van der Waals surface area contributed by atoms with Gasteiger partial charge in [-0.05, 0) is 37.9 Å². The van der Waals surface area contributed by atoms with Crippen molar-refractivity contribution in [2.45, 2.75) is 26.3 Å². The summed E-state index contributed by atoms with van der Waals surface area (Å²) in [7, 11) is 1.62. The third kappa shape index (κ3) is 4.73. The number of rotatable bonds is 7. The van der Waals surface area contributed by atoms with E-state index >= 15 is 0 Å². The van der Waals surface area contributed by atoms with Crippen LogP contribution in [0, 0.1) is 5.92 Å². The first-order valence-corrected chi connectivity index (χ1v) is 7.89. The average Bonchev–Trinajstić information content (AvgIpc) is 2.53. The molecule has 5 nitrogen and oxygen atoms in total. The Kier molecular flexibility index (Phi) is 6.04. The number of benzene rings is 1. The molecule has 1 heterocycles. The number of aliphatic carboxylic acids is 1. The molecule has 0 aromatic heterocycles. The Morgan fingerprint density at radius 2 is 2.26 bits per heavy atom. The standard InChI is InChI=1S/C18H25NO4/c1-13(2)12-23-17-14(6-4-8-16(17)22-3)10-19-9-5-7-15(11-19)18(20)21/h4,6,8,15H,1,5,7,9-12H2,2-3H3,(H,20,21). The van der Waals surface area contributed by atoms with E-state index in [0.29, 0.717) is 25.4 Å². The lowest BCUT2D eigenvalue weighted by Crippen LogP contribution is -2.38. The smallest absolute Gasteiger partial charge is 0.307 e. The quantitative estimate of drug-likeness (QED) is 0.783. The van der Waals surface area contributed by atoms with Crippen molar-refractivity contribution in [3.05, 3.63) is 35.9 Å². The lowest BCUT2D eigenvalue weighted by molar-refractivity contribution is -0.143. The molecule has 126 valence electrons. The third-order valence-corrected chi connectivity index (χ3v) is 3.99. The Bertz CT molecular complexity index is 570. The van der Waals surface area contributed by atoms with Crippen molar-refractivity contribution in [2.24, 2.45) is 5.92 Å². The Labute approximate surface area is 137 Å². The van der Waals surface area contributed by atoms with E-state index < -0.39 is 5.97 Å². The van der Waals surface area contributed by atoms with Gasteiger partial charge >= 0.3 is 5.97 Å². The molecule has 1 aliphatic rings. The molecule has 1 N–H and O–H groups in total. The van der Waals surface area contributed by atoms with E-state index in [-0.39, 0.29) is 5.92 Å². The zero-order valence-corrected chi connectivity index (χ0v) is 13.9. The van der Waals surface area contributed by atoms with Crippen LogP contribution in [0.2, 0.25) is 0 Å². The molecule has 0 bridgehead atoms. The van der Waals surface area contributed by atoms with Crippen LogP contribution in [0.15, 0.2) is 30.4 Å². The average molecular weight is 319 g/mol. The van der Waals surface area contributed by atoms with Crippen molar-refractivity contribution in [3.8, 4) is 11.5 Å². The molecule has 1 aromatic carbocycles. The van der Waals surface area contributed by atoms with Gasteiger partial charge < -0.3 is 14.6 Å². The second kappa shape index (κ2) is 8.02. The minimum Gasteiger partial charge on any atom is -0.493 e. The molecule has 0 saturated carbocycles. The highest BCUT2D eigenvalue weighted by molar-refractivity contribution is 5.70. The van der Waals surface area contributed by atoms with Crippen LogP contribution in [0.1, 0.15) is 25.3 Å². The summed E-state index contributed by atoms with van der Waals surface area (Å²) in [6.07, 6.45) is 1.66. The van der Waals surface area contributed by atoms with E-state index in [2.05, 4.69) is 11.5 Å². The normalized spacial score (nSPS) is 18.4. The molecule has 0 aliphatic carbocycles. The topological polar surface area (TPSA) is 59.0 Å². The second-order valence-electron chi connectivity index (χ2n) is 6.11. The maximum atomic E-state index is 11.2. The van der Waals surface area contributed by atoms with Gasteiger partial charge in [-0.2, -0.15) is 0 Å². The summed E-state index contributed by atoms with van der Waals surface area (Å²) < 4.78 is 11.3. The van der Waals surface area contributed by atoms with Crippen molar-refractivity contribution in [3.63, 3.8) is 0 Å². The molecule has 0 radical (unpaired) electrons. The summed E-state index contributed by atoms with van der Waals surface area (Å²) in [6.45, 7) is 8.35. The molecule has 1 saturated heterocycles. The van der Waals surface area contributed by atoms with Gasteiger partial charge in [0.05, 0.1) is 13.0 Å². The van der Waals surface area contributed by atoms with E-state index in [1.165, 1.54) is 0 Å². The van der Waals surface area contributed by atoms with Crippen molar-refractivity contribution in [1.82, 2.24) is 4.90 Å². The highest BCUT2D eigenvalue weighted by atomic mass is 16.5. The minimum absolute atomic E-state index is 0.283. The first-order chi connectivity index (χ1) is 11.0. The summed E-state index contributed by atoms with van der Waals surface area (Å²) in [4.78, 5) is 13.4. The molecular formula is C18H25NO4. The molecule has 1 fully saturated rings. The van der Waals surface area contributed by atoms with Gasteiger partial charge in [-0.1, -0.05) is 18.7 Å². The maximum absolute atomic E-state index is 11.2. The molecule has 0 spiro atoms. The largest absolute Gasteiger partial charge is 0.493 e. The first kappa shape index (κ1) is 17.3. The van der Waals surface area contributed by atoms with Gasteiger partial charge in [0.15, 0.2) is 11.5 Å². The molecule has 1 atom stereocenters. The predicted molar refractivity (Wildman–Crippen MR) is 88.9 cm³/mol. The third-order valence-electron chi connectivity index (χ3n) is 3.99. The number of methoxy groups -OCH3 is 1. The number of ether oxygens (including phenoxy) is 2. The number of likely N-dealkylation sites (tertiary alicyclic amines) is 1. The molecule has 5 heteroatoms. The Balaban J connectivity index is 2.14. The van der Waals surface area contributed by atoms with Crippen LogP contribution in [-0.2, 0) is 11.3 Å². The van der Waals surface area contributed by atoms with Crippen molar-refractivity contribution < 1.29 is 19.4 Å². The molecule has 1 aromatic rings. The number of piperidine rings is 1. The Morgan fingerprint density at radius 3 is 2.91 bits per heavy atom. The van der Waals surface area contributed by atoms with E-state index in [0.717, 1.165) is 36.3 Å². The van der Waals surface area contributed by atoms with E-state index in [4.69, 9.17) is 9.47 Å². The van der Waals surface area contributed by atoms with Crippen LogP contribution >= 0.6 is 0 Å². The van der Waals surface area contributed by atoms with Crippen LogP contribution in [-0.4, -0.2) is 42.8 Å². The van der Waals surface area contributed by atoms with Crippen LogP contribution in [0.25, 0.3) is 0 Å². The summed E-state index contributed by atoms with van der Waals surface area (Å²) >= 11 is 0. The molecule has 23 heavy (non-hydrogen) atoms. The van der Waals surface area contributed by atoms with Crippen LogP contribution in [0.5, 0.6) is 11.5 Å².